The van der Waals surface area contributed by atoms with Gasteiger partial charge in [0.15, 0.2) is 0 Å². The van der Waals surface area contributed by atoms with Crippen LogP contribution in [0.2, 0.25) is 5.02 Å². The molecule has 1 aliphatic carbocycles. The molecule has 0 radical (unpaired) electrons. The van der Waals surface area contributed by atoms with Gasteiger partial charge in [-0.05, 0) is 74.2 Å². The van der Waals surface area contributed by atoms with Crippen molar-refractivity contribution in [2.24, 2.45) is 0 Å². The summed E-state index contributed by atoms with van der Waals surface area (Å²) in [5, 5.41) is 3.65. The van der Waals surface area contributed by atoms with Gasteiger partial charge in [0, 0.05) is 53.8 Å². The Kier molecular flexibility index (Phi) is 7.73. The van der Waals surface area contributed by atoms with Crippen LogP contribution in [0, 0.1) is 0 Å². The van der Waals surface area contributed by atoms with Crippen LogP contribution in [-0.2, 0) is 9.53 Å². The van der Waals surface area contributed by atoms with Gasteiger partial charge in [0.2, 0.25) is 0 Å². The van der Waals surface area contributed by atoms with Gasteiger partial charge < -0.3 is 19.9 Å². The van der Waals surface area contributed by atoms with E-state index in [1.165, 1.54) is 11.3 Å². The fraction of sp³-hybridized carbons (Fsp3) is 0.370. The summed E-state index contributed by atoms with van der Waals surface area (Å²) < 4.78 is 5.57. The Labute approximate surface area is 201 Å². The number of rotatable bonds is 7. The van der Waals surface area contributed by atoms with Crippen LogP contribution in [0.5, 0.6) is 0 Å². The molecule has 1 N–H and O–H groups in total. The molecule has 4 rings (SSSR count). The number of morpholine rings is 1. The normalized spacial score (nSPS) is 17.5. The predicted octanol–water partition coefficient (Wildman–Crippen LogP) is 5.59. The molecular weight excluding hydrogens is 434 g/mol. The fourth-order valence-corrected chi connectivity index (χ4v) is 4.77. The van der Waals surface area contributed by atoms with Crippen molar-refractivity contribution >= 4 is 35.0 Å². The molecule has 5 nitrogen and oxygen atoms in total. The summed E-state index contributed by atoms with van der Waals surface area (Å²) in [4.78, 5) is 17.9. The molecule has 0 bridgehead atoms. The third-order valence-electron chi connectivity index (χ3n) is 6.28. The van der Waals surface area contributed by atoms with Crippen molar-refractivity contribution < 1.29 is 9.53 Å². The minimum absolute atomic E-state index is 0.0564. The summed E-state index contributed by atoms with van der Waals surface area (Å²) >= 11 is 6.10. The molecule has 2 aromatic rings. The monoisotopic (exact) mass is 465 g/mol. The highest BCUT2D eigenvalue weighted by molar-refractivity contribution is 6.31. The van der Waals surface area contributed by atoms with Crippen molar-refractivity contribution in [3.05, 3.63) is 76.0 Å². The second-order valence-electron chi connectivity index (χ2n) is 8.32. The second kappa shape index (κ2) is 10.9. The van der Waals surface area contributed by atoms with Crippen molar-refractivity contribution in [1.82, 2.24) is 4.90 Å². The lowest BCUT2D eigenvalue weighted by Crippen LogP contribution is -2.36. The van der Waals surface area contributed by atoms with Gasteiger partial charge in [-0.1, -0.05) is 29.8 Å². The Bertz CT molecular complexity index is 1040. The SMILES string of the molecule is CCN(CC)c1ccc(C=C2CCC(C(=O)Nc3cccc(Cl)c3)=C2N2CCOCC2)cc1. The van der Waals surface area contributed by atoms with Crippen LogP contribution in [0.25, 0.3) is 6.08 Å². The number of nitrogens with one attached hydrogen (secondary N) is 1. The second-order valence-corrected chi connectivity index (χ2v) is 8.76. The lowest BCUT2D eigenvalue weighted by Gasteiger charge is -2.31. The van der Waals surface area contributed by atoms with Gasteiger partial charge in [-0.25, -0.2) is 0 Å². The van der Waals surface area contributed by atoms with Crippen molar-refractivity contribution in [3.63, 3.8) is 0 Å². The first-order chi connectivity index (χ1) is 16.1. The first-order valence-electron chi connectivity index (χ1n) is 11.8. The van der Waals surface area contributed by atoms with E-state index in [-0.39, 0.29) is 5.91 Å². The van der Waals surface area contributed by atoms with E-state index in [1.54, 1.807) is 12.1 Å². The van der Waals surface area contributed by atoms with Gasteiger partial charge >= 0.3 is 0 Å². The van der Waals surface area contributed by atoms with Gasteiger partial charge in [-0.2, -0.15) is 0 Å². The molecule has 2 aliphatic rings. The molecule has 1 saturated heterocycles. The lowest BCUT2D eigenvalue weighted by molar-refractivity contribution is -0.113. The molecule has 0 aromatic heterocycles. The van der Waals surface area contributed by atoms with Crippen LogP contribution in [0.15, 0.2) is 65.4 Å². The van der Waals surface area contributed by atoms with E-state index in [2.05, 4.69) is 59.3 Å². The van der Waals surface area contributed by atoms with E-state index in [9.17, 15) is 4.79 Å². The Morgan fingerprint density at radius 1 is 1.09 bits per heavy atom. The maximum absolute atomic E-state index is 13.3. The number of carbonyl (C=O) groups is 1. The largest absolute Gasteiger partial charge is 0.378 e. The quantitative estimate of drug-likeness (QED) is 0.579. The van der Waals surface area contributed by atoms with E-state index in [1.807, 2.05) is 12.1 Å². The molecule has 6 heteroatoms. The predicted molar refractivity (Wildman–Crippen MR) is 137 cm³/mol. The lowest BCUT2D eigenvalue weighted by atomic mass is 10.1. The average molecular weight is 466 g/mol. The Morgan fingerprint density at radius 2 is 1.82 bits per heavy atom. The summed E-state index contributed by atoms with van der Waals surface area (Å²) in [6.45, 7) is 9.28. The summed E-state index contributed by atoms with van der Waals surface area (Å²) in [6, 6.07) is 16.0. The van der Waals surface area contributed by atoms with Crippen LogP contribution in [0.1, 0.15) is 32.3 Å². The van der Waals surface area contributed by atoms with Crippen LogP contribution < -0.4 is 10.2 Å². The fourth-order valence-electron chi connectivity index (χ4n) is 4.58. The van der Waals surface area contributed by atoms with Gasteiger partial charge in [0.05, 0.1) is 13.2 Å². The molecular formula is C27H32ClN3O2. The number of carbonyl (C=O) groups excluding carboxylic acids is 1. The number of halogens is 1. The van der Waals surface area contributed by atoms with E-state index < -0.39 is 0 Å². The number of allylic oxidation sites excluding steroid dienone is 1. The third-order valence-corrected chi connectivity index (χ3v) is 6.52. The van der Waals surface area contributed by atoms with E-state index >= 15 is 0 Å². The molecule has 1 amide bonds. The van der Waals surface area contributed by atoms with Crippen LogP contribution >= 0.6 is 11.6 Å². The van der Waals surface area contributed by atoms with Gasteiger partial charge in [-0.15, -0.1) is 0 Å². The van der Waals surface area contributed by atoms with Crippen molar-refractivity contribution in [3.8, 4) is 0 Å². The van der Waals surface area contributed by atoms with Crippen molar-refractivity contribution in [1.29, 1.82) is 0 Å². The number of benzene rings is 2. The third kappa shape index (κ3) is 5.60. The van der Waals surface area contributed by atoms with E-state index in [0.717, 1.165) is 55.9 Å². The number of hydrogen-bond donors (Lipinski definition) is 1. The number of ether oxygens (including phenoxy) is 1. The Hall–Kier alpha value is -2.76. The van der Waals surface area contributed by atoms with Gasteiger partial charge in [-0.3, -0.25) is 4.79 Å². The summed E-state index contributed by atoms with van der Waals surface area (Å²) in [5.74, 6) is -0.0564. The first-order valence-corrected chi connectivity index (χ1v) is 12.2. The van der Waals surface area contributed by atoms with E-state index in [4.69, 9.17) is 16.3 Å². The molecule has 1 aliphatic heterocycles. The van der Waals surface area contributed by atoms with Crippen molar-refractivity contribution in [2.45, 2.75) is 26.7 Å². The smallest absolute Gasteiger partial charge is 0.253 e. The Morgan fingerprint density at radius 3 is 2.48 bits per heavy atom. The minimum atomic E-state index is -0.0564. The van der Waals surface area contributed by atoms with Crippen LogP contribution in [0.4, 0.5) is 11.4 Å². The van der Waals surface area contributed by atoms with Crippen molar-refractivity contribution in [2.75, 3.05) is 49.6 Å². The first kappa shape index (κ1) is 23.4. The molecule has 0 atom stereocenters. The Balaban J connectivity index is 1.63. The molecule has 1 heterocycles. The molecule has 0 spiro atoms. The zero-order chi connectivity index (χ0) is 23.2. The summed E-state index contributed by atoms with van der Waals surface area (Å²) in [6.07, 6.45) is 3.81. The molecule has 2 aromatic carbocycles. The van der Waals surface area contributed by atoms with Gasteiger partial charge in [0.1, 0.15) is 0 Å². The summed E-state index contributed by atoms with van der Waals surface area (Å²) in [7, 11) is 0. The number of hydrogen-bond acceptors (Lipinski definition) is 4. The molecule has 174 valence electrons. The highest BCUT2D eigenvalue weighted by atomic mass is 35.5. The molecule has 0 saturated carbocycles. The highest BCUT2D eigenvalue weighted by Crippen LogP contribution is 2.36. The zero-order valence-electron chi connectivity index (χ0n) is 19.4. The van der Waals surface area contributed by atoms with Gasteiger partial charge in [0.25, 0.3) is 5.91 Å². The van der Waals surface area contributed by atoms with E-state index in [0.29, 0.717) is 23.9 Å². The zero-order valence-corrected chi connectivity index (χ0v) is 20.2. The maximum Gasteiger partial charge on any atom is 0.253 e. The topological polar surface area (TPSA) is 44.8 Å². The maximum atomic E-state index is 13.3. The molecule has 1 fully saturated rings. The number of anilines is 2. The minimum Gasteiger partial charge on any atom is -0.378 e. The number of amides is 1. The van der Waals surface area contributed by atoms with Crippen LogP contribution in [0.3, 0.4) is 0 Å². The highest BCUT2D eigenvalue weighted by Gasteiger charge is 2.30. The molecule has 0 unspecified atom stereocenters. The number of nitrogens with zero attached hydrogens (tertiary/aromatic N) is 2. The molecule has 33 heavy (non-hydrogen) atoms. The summed E-state index contributed by atoms with van der Waals surface area (Å²) in [5.41, 5.74) is 6.21. The average Bonchev–Trinajstić information content (AvgIpc) is 3.25. The standard InChI is InChI=1S/C27H32ClN3O2/c1-3-30(4-2)24-11-8-20(9-12-24)18-21-10-13-25(26(21)31-14-16-33-17-15-31)27(32)29-23-7-5-6-22(28)19-23/h5-9,11-12,18-19H,3-4,10,13-17H2,1-2H3,(H,29,32). The van der Waals surface area contributed by atoms with Crippen LogP contribution in [-0.4, -0.2) is 50.2 Å².